The van der Waals surface area contributed by atoms with Gasteiger partial charge in [0.15, 0.2) is 11.5 Å². The van der Waals surface area contributed by atoms with Gasteiger partial charge in [-0.05, 0) is 18.2 Å². The van der Waals surface area contributed by atoms with Crippen LogP contribution in [0.25, 0.3) is 0 Å². The van der Waals surface area contributed by atoms with Crippen LogP contribution < -0.4 is 14.8 Å². The van der Waals surface area contributed by atoms with Crippen molar-refractivity contribution >= 4 is 23.9 Å². The highest BCUT2D eigenvalue weighted by Gasteiger charge is 2.53. The Bertz CT molecular complexity index is 1090. The number of aliphatic hydroxyl groups is 2. The summed E-state index contributed by atoms with van der Waals surface area (Å²) >= 11 is 0. The van der Waals surface area contributed by atoms with Gasteiger partial charge in [-0.3, -0.25) is 19.2 Å². The number of carbonyl (C=O) groups excluding carboxylic acids is 4. The van der Waals surface area contributed by atoms with Crippen molar-refractivity contribution in [3.05, 3.63) is 34.9 Å². The molecule has 2 amide bonds. The van der Waals surface area contributed by atoms with Crippen LogP contribution in [0, 0.1) is 0 Å². The Hall–Kier alpha value is -3.45. The first-order chi connectivity index (χ1) is 17.0. The molecule has 2 aliphatic rings. The minimum atomic E-state index is -4.92. The highest BCUT2D eigenvalue weighted by atomic mass is 19.4. The summed E-state index contributed by atoms with van der Waals surface area (Å²) in [4.78, 5) is 49.3. The first kappa shape index (κ1) is 27.1. The molecule has 13 heteroatoms. The Kier molecular flexibility index (Phi) is 8.04. The quantitative estimate of drug-likeness (QED) is 0.320. The number of aldehydes is 1. The van der Waals surface area contributed by atoms with Crippen LogP contribution in [0.1, 0.15) is 35.2 Å². The van der Waals surface area contributed by atoms with Crippen LogP contribution in [0.5, 0.6) is 11.5 Å². The molecule has 4 atom stereocenters. The second kappa shape index (κ2) is 10.7. The maximum absolute atomic E-state index is 13.4. The average Bonchev–Trinajstić information content (AvgIpc) is 3.24. The Morgan fingerprint density at radius 1 is 1.28 bits per heavy atom. The number of amides is 2. The minimum Gasteiger partial charge on any atom is -0.493 e. The van der Waals surface area contributed by atoms with Gasteiger partial charge in [0.05, 0.1) is 25.7 Å². The molecule has 1 heterocycles. The Morgan fingerprint density at radius 3 is 2.53 bits per heavy atom. The SMILES string of the molecule is CCC(=O)C(=O)N(CC(F)(F)F)[C@@H]1C=C(C(=O)NCCO)[C@@H]2c3cc(C=O)cc(OC)c3O[C@@H]2[C@H]1O. The molecule has 0 unspecified atom stereocenters. The standard InChI is InChI=1S/C23H25F3N2O8/c1-3-15(31)22(34)28(10-23(24,25)26)14-8-13(21(33)27-4-5-29)17-12-6-11(9-30)7-16(35-2)19(12)36-20(17)18(14)32/h6-9,14,17-18,20,29,32H,3-5,10H2,1-2H3,(H,27,33)/t14-,17+,18+,20+/m1/s1. The third kappa shape index (κ3) is 5.21. The number of nitrogens with one attached hydrogen (secondary N) is 1. The molecule has 0 aromatic heterocycles. The molecule has 0 radical (unpaired) electrons. The summed E-state index contributed by atoms with van der Waals surface area (Å²) in [5.41, 5.74) is 0.253. The minimum absolute atomic E-state index is 0.0667. The van der Waals surface area contributed by atoms with E-state index in [-0.39, 0.29) is 46.1 Å². The fourth-order valence-electron chi connectivity index (χ4n) is 4.38. The van der Waals surface area contributed by atoms with Crippen molar-refractivity contribution in [1.82, 2.24) is 10.2 Å². The van der Waals surface area contributed by atoms with Crippen molar-refractivity contribution in [1.29, 1.82) is 0 Å². The van der Waals surface area contributed by atoms with Crippen molar-refractivity contribution in [2.45, 2.75) is 43.7 Å². The lowest BCUT2D eigenvalue weighted by atomic mass is 9.77. The maximum Gasteiger partial charge on any atom is 0.406 e. The number of rotatable bonds is 9. The highest BCUT2D eigenvalue weighted by Crippen LogP contribution is 2.51. The third-order valence-corrected chi connectivity index (χ3v) is 5.94. The zero-order chi connectivity index (χ0) is 26.8. The van der Waals surface area contributed by atoms with E-state index in [4.69, 9.17) is 14.6 Å². The van der Waals surface area contributed by atoms with Crippen LogP contribution in [-0.2, 0) is 14.4 Å². The van der Waals surface area contributed by atoms with E-state index in [0.29, 0.717) is 6.29 Å². The van der Waals surface area contributed by atoms with E-state index in [2.05, 4.69) is 5.32 Å². The Labute approximate surface area is 203 Å². The highest BCUT2D eigenvalue weighted by molar-refractivity contribution is 6.36. The monoisotopic (exact) mass is 514 g/mol. The number of halogens is 3. The number of ether oxygens (including phenoxy) is 2. The number of methoxy groups -OCH3 is 1. The van der Waals surface area contributed by atoms with Gasteiger partial charge in [-0.2, -0.15) is 13.2 Å². The lowest BCUT2D eigenvalue weighted by molar-refractivity contribution is -0.172. The summed E-state index contributed by atoms with van der Waals surface area (Å²) in [6, 6.07) is 0.993. The fourth-order valence-corrected chi connectivity index (χ4v) is 4.38. The molecule has 1 aromatic carbocycles. The molecular weight excluding hydrogens is 489 g/mol. The van der Waals surface area contributed by atoms with Gasteiger partial charge in [0, 0.05) is 29.7 Å². The van der Waals surface area contributed by atoms with Gasteiger partial charge in [0.25, 0.3) is 5.91 Å². The summed E-state index contributed by atoms with van der Waals surface area (Å²) < 4.78 is 51.3. The predicted molar refractivity (Wildman–Crippen MR) is 117 cm³/mol. The molecule has 0 fully saturated rings. The molecule has 1 aromatic rings. The molecule has 1 aliphatic heterocycles. The Balaban J connectivity index is 2.18. The van der Waals surface area contributed by atoms with E-state index in [0.717, 1.165) is 6.08 Å². The van der Waals surface area contributed by atoms with Gasteiger partial charge < -0.3 is 29.9 Å². The van der Waals surface area contributed by atoms with Crippen molar-refractivity contribution in [2.75, 3.05) is 26.8 Å². The van der Waals surface area contributed by atoms with Gasteiger partial charge in [-0.15, -0.1) is 0 Å². The zero-order valence-electron chi connectivity index (χ0n) is 19.4. The van der Waals surface area contributed by atoms with E-state index in [1.165, 1.54) is 26.2 Å². The molecule has 1 aliphatic carbocycles. The molecular formula is C23H25F3N2O8. The first-order valence-electron chi connectivity index (χ1n) is 11.0. The molecule has 36 heavy (non-hydrogen) atoms. The normalized spacial score (nSPS) is 22.5. The largest absolute Gasteiger partial charge is 0.493 e. The van der Waals surface area contributed by atoms with Gasteiger partial charge in [0.1, 0.15) is 25.0 Å². The van der Waals surface area contributed by atoms with Crippen LogP contribution in [0.4, 0.5) is 13.2 Å². The van der Waals surface area contributed by atoms with E-state index < -0.39 is 61.1 Å². The van der Waals surface area contributed by atoms with Gasteiger partial charge in [-0.1, -0.05) is 6.92 Å². The average molecular weight is 514 g/mol. The first-order valence-corrected chi connectivity index (χ1v) is 11.0. The third-order valence-electron chi connectivity index (χ3n) is 5.94. The Morgan fingerprint density at radius 2 is 1.97 bits per heavy atom. The lowest BCUT2D eigenvalue weighted by Crippen LogP contribution is -2.58. The summed E-state index contributed by atoms with van der Waals surface area (Å²) in [5.74, 6) is -4.28. The van der Waals surface area contributed by atoms with E-state index in [1.807, 2.05) is 0 Å². The van der Waals surface area contributed by atoms with Crippen molar-refractivity contribution < 1.29 is 52.0 Å². The molecule has 10 nitrogen and oxygen atoms in total. The zero-order valence-corrected chi connectivity index (χ0v) is 19.4. The van der Waals surface area contributed by atoms with Crippen molar-refractivity contribution in [2.24, 2.45) is 0 Å². The molecule has 0 saturated heterocycles. The van der Waals surface area contributed by atoms with Crippen molar-refractivity contribution in [3.8, 4) is 11.5 Å². The number of Topliss-reactive ketones (excluding diaryl/α,β-unsaturated/α-hetero) is 1. The molecule has 196 valence electrons. The number of carbonyl (C=O) groups is 4. The maximum atomic E-state index is 13.4. The number of hydrogen-bond acceptors (Lipinski definition) is 8. The number of nitrogens with zero attached hydrogens (tertiary/aromatic N) is 1. The molecule has 0 spiro atoms. The number of alkyl halides is 3. The van der Waals surface area contributed by atoms with Gasteiger partial charge in [-0.25, -0.2) is 0 Å². The lowest BCUT2D eigenvalue weighted by Gasteiger charge is -2.40. The number of aliphatic hydroxyl groups excluding tert-OH is 2. The van der Waals surface area contributed by atoms with E-state index >= 15 is 0 Å². The summed E-state index contributed by atoms with van der Waals surface area (Å²) in [5, 5.41) is 22.6. The summed E-state index contributed by atoms with van der Waals surface area (Å²) in [6.45, 7) is -1.17. The van der Waals surface area contributed by atoms with Crippen LogP contribution in [0.2, 0.25) is 0 Å². The van der Waals surface area contributed by atoms with Gasteiger partial charge >= 0.3 is 6.18 Å². The van der Waals surface area contributed by atoms with Crippen LogP contribution in [0.3, 0.4) is 0 Å². The summed E-state index contributed by atoms with van der Waals surface area (Å²) in [7, 11) is 1.29. The van der Waals surface area contributed by atoms with Gasteiger partial charge in [0.2, 0.25) is 11.7 Å². The molecule has 0 bridgehead atoms. The molecule has 3 N–H and O–H groups in total. The predicted octanol–water partition coefficient (Wildman–Crippen LogP) is 0.500. The topological polar surface area (TPSA) is 142 Å². The summed E-state index contributed by atoms with van der Waals surface area (Å²) in [6.07, 6.45) is -6.94. The second-order valence-corrected chi connectivity index (χ2v) is 8.23. The molecule has 0 saturated carbocycles. The number of ketones is 1. The van der Waals surface area contributed by atoms with Crippen LogP contribution >= 0.6 is 0 Å². The fraction of sp³-hybridized carbons (Fsp3) is 0.478. The number of fused-ring (bicyclic) bond motifs is 3. The van der Waals surface area contributed by atoms with Crippen LogP contribution in [0.15, 0.2) is 23.8 Å². The van der Waals surface area contributed by atoms with Crippen molar-refractivity contribution in [3.63, 3.8) is 0 Å². The number of benzene rings is 1. The van der Waals surface area contributed by atoms with E-state index in [1.54, 1.807) is 0 Å². The smallest absolute Gasteiger partial charge is 0.406 e. The second-order valence-electron chi connectivity index (χ2n) is 8.23. The van der Waals surface area contributed by atoms with Crippen LogP contribution in [-0.4, -0.2) is 90.2 Å². The molecule has 3 rings (SSSR count). The van der Waals surface area contributed by atoms with E-state index in [9.17, 15) is 37.5 Å². The number of hydrogen-bond donors (Lipinski definition) is 3.